The molecule has 132 valence electrons. The Bertz CT molecular complexity index is 732. The number of methoxy groups -OCH3 is 1. The Balaban J connectivity index is 1.70. The van der Waals surface area contributed by atoms with Gasteiger partial charge in [-0.15, -0.1) is 0 Å². The van der Waals surface area contributed by atoms with E-state index in [9.17, 15) is 9.18 Å². The van der Waals surface area contributed by atoms with Crippen LogP contribution in [0, 0.1) is 5.82 Å². The third-order valence-corrected chi connectivity index (χ3v) is 3.98. The van der Waals surface area contributed by atoms with E-state index in [1.807, 2.05) is 0 Å². The number of amides is 1. The van der Waals surface area contributed by atoms with Crippen molar-refractivity contribution in [2.45, 2.75) is 25.8 Å². The topological polar surface area (TPSA) is 80.2 Å². The quantitative estimate of drug-likeness (QED) is 0.892. The lowest BCUT2D eigenvalue weighted by molar-refractivity contribution is 0.0949. The van der Waals surface area contributed by atoms with Crippen LogP contribution < -0.4 is 15.0 Å². The van der Waals surface area contributed by atoms with E-state index >= 15 is 0 Å². The van der Waals surface area contributed by atoms with E-state index in [-0.39, 0.29) is 24.3 Å². The summed E-state index contributed by atoms with van der Waals surface area (Å²) >= 11 is 0. The first-order valence-corrected chi connectivity index (χ1v) is 8.23. The van der Waals surface area contributed by atoms with Crippen LogP contribution in [0.5, 0.6) is 6.01 Å². The number of aromatic nitrogens is 3. The van der Waals surface area contributed by atoms with Crippen molar-refractivity contribution in [3.05, 3.63) is 41.5 Å². The highest BCUT2D eigenvalue weighted by Gasteiger charge is 2.17. The number of rotatable bonds is 5. The number of hydrogen-bond donors (Lipinski definition) is 1. The largest absolute Gasteiger partial charge is 0.467 e. The number of carbonyl (C=O) groups is 1. The first-order valence-electron chi connectivity index (χ1n) is 8.23. The predicted octanol–water partition coefficient (Wildman–Crippen LogP) is 1.94. The monoisotopic (exact) mass is 345 g/mol. The molecule has 0 bridgehead atoms. The van der Waals surface area contributed by atoms with Gasteiger partial charge in [0.1, 0.15) is 5.82 Å². The number of ether oxygens (including phenoxy) is 1. The van der Waals surface area contributed by atoms with Gasteiger partial charge in [0.15, 0.2) is 5.82 Å². The molecule has 0 unspecified atom stereocenters. The minimum absolute atomic E-state index is 0.135. The summed E-state index contributed by atoms with van der Waals surface area (Å²) < 4.78 is 18.1. The molecule has 0 atom stereocenters. The van der Waals surface area contributed by atoms with Gasteiger partial charge in [-0.25, -0.2) is 4.39 Å². The van der Waals surface area contributed by atoms with Crippen LogP contribution in [0.1, 0.15) is 35.4 Å². The van der Waals surface area contributed by atoms with Gasteiger partial charge in [0, 0.05) is 18.7 Å². The fraction of sp³-hybridized carbons (Fsp3) is 0.412. The molecule has 0 radical (unpaired) electrons. The zero-order chi connectivity index (χ0) is 17.6. The summed E-state index contributed by atoms with van der Waals surface area (Å²) in [6, 6.07) is 5.57. The summed E-state index contributed by atoms with van der Waals surface area (Å²) in [6.07, 6.45) is 3.41. The minimum atomic E-state index is -0.384. The smallest absolute Gasteiger partial charge is 0.321 e. The molecule has 1 aromatic carbocycles. The van der Waals surface area contributed by atoms with E-state index in [1.165, 1.54) is 37.8 Å². The Hall–Kier alpha value is -2.77. The standard InChI is InChI=1S/C17H20FN5O2/c1-25-17-21-14(20-16(22-17)23-9-3-2-4-10-23)11-19-15(24)12-5-7-13(18)8-6-12/h5-8H,2-4,9-11H2,1H3,(H,19,24). The van der Waals surface area contributed by atoms with Gasteiger partial charge in [0.05, 0.1) is 13.7 Å². The molecule has 1 aliphatic heterocycles. The maximum Gasteiger partial charge on any atom is 0.321 e. The molecule has 8 heteroatoms. The maximum atomic E-state index is 12.9. The van der Waals surface area contributed by atoms with Crippen LogP contribution in [-0.4, -0.2) is 41.1 Å². The van der Waals surface area contributed by atoms with Gasteiger partial charge in [-0.2, -0.15) is 15.0 Å². The van der Waals surface area contributed by atoms with Crippen molar-refractivity contribution < 1.29 is 13.9 Å². The third-order valence-electron chi connectivity index (χ3n) is 3.98. The van der Waals surface area contributed by atoms with Crippen molar-refractivity contribution in [1.82, 2.24) is 20.3 Å². The molecule has 1 N–H and O–H groups in total. The first kappa shape index (κ1) is 17.1. The fourth-order valence-electron chi connectivity index (χ4n) is 2.65. The maximum absolute atomic E-state index is 12.9. The van der Waals surface area contributed by atoms with Crippen LogP contribution in [-0.2, 0) is 6.54 Å². The van der Waals surface area contributed by atoms with Crippen molar-refractivity contribution in [2.24, 2.45) is 0 Å². The van der Waals surface area contributed by atoms with Gasteiger partial charge in [-0.1, -0.05) is 0 Å². The van der Waals surface area contributed by atoms with Crippen LogP contribution in [0.15, 0.2) is 24.3 Å². The Kier molecular flexibility index (Phi) is 5.37. The van der Waals surface area contributed by atoms with Gasteiger partial charge in [-0.05, 0) is 43.5 Å². The molecule has 1 aromatic heterocycles. The summed E-state index contributed by atoms with van der Waals surface area (Å²) in [7, 11) is 1.50. The molecular formula is C17H20FN5O2. The van der Waals surface area contributed by atoms with Crippen molar-refractivity contribution >= 4 is 11.9 Å². The van der Waals surface area contributed by atoms with Crippen molar-refractivity contribution in [1.29, 1.82) is 0 Å². The van der Waals surface area contributed by atoms with Gasteiger partial charge in [0.2, 0.25) is 5.95 Å². The molecule has 1 aliphatic rings. The van der Waals surface area contributed by atoms with E-state index in [1.54, 1.807) is 0 Å². The molecule has 1 fully saturated rings. The fourth-order valence-corrected chi connectivity index (χ4v) is 2.65. The van der Waals surface area contributed by atoms with E-state index in [2.05, 4.69) is 25.2 Å². The van der Waals surface area contributed by atoms with Gasteiger partial charge in [-0.3, -0.25) is 4.79 Å². The molecule has 2 heterocycles. The predicted molar refractivity (Wildman–Crippen MR) is 90.0 cm³/mol. The Morgan fingerprint density at radius 2 is 1.88 bits per heavy atom. The summed E-state index contributed by atoms with van der Waals surface area (Å²) in [6.45, 7) is 1.93. The second kappa shape index (κ2) is 7.87. The zero-order valence-corrected chi connectivity index (χ0v) is 14.0. The van der Waals surface area contributed by atoms with E-state index < -0.39 is 0 Å². The lowest BCUT2D eigenvalue weighted by Crippen LogP contribution is -2.32. The van der Waals surface area contributed by atoms with Crippen LogP contribution in [0.4, 0.5) is 10.3 Å². The number of carbonyl (C=O) groups excluding carboxylic acids is 1. The normalized spacial score (nSPS) is 14.2. The number of nitrogens with zero attached hydrogens (tertiary/aromatic N) is 4. The van der Waals surface area contributed by atoms with Gasteiger partial charge < -0.3 is 15.0 Å². The van der Waals surface area contributed by atoms with Crippen LogP contribution in [0.2, 0.25) is 0 Å². The lowest BCUT2D eigenvalue weighted by atomic mass is 10.1. The van der Waals surface area contributed by atoms with Crippen LogP contribution >= 0.6 is 0 Å². The highest BCUT2D eigenvalue weighted by molar-refractivity contribution is 5.94. The van der Waals surface area contributed by atoms with Crippen LogP contribution in [0.3, 0.4) is 0 Å². The number of benzene rings is 1. The molecule has 7 nitrogen and oxygen atoms in total. The van der Waals surface area contributed by atoms with E-state index in [0.717, 1.165) is 25.9 Å². The van der Waals surface area contributed by atoms with E-state index in [0.29, 0.717) is 17.3 Å². The summed E-state index contributed by atoms with van der Waals surface area (Å²) in [4.78, 5) is 27.1. The Morgan fingerprint density at radius 3 is 2.56 bits per heavy atom. The highest BCUT2D eigenvalue weighted by atomic mass is 19.1. The zero-order valence-electron chi connectivity index (χ0n) is 14.0. The summed E-state index contributed by atoms with van der Waals surface area (Å²) in [5.74, 6) is 0.282. The molecule has 25 heavy (non-hydrogen) atoms. The highest BCUT2D eigenvalue weighted by Crippen LogP contribution is 2.17. The lowest BCUT2D eigenvalue weighted by Gasteiger charge is -2.26. The number of halogens is 1. The van der Waals surface area contributed by atoms with Gasteiger partial charge in [0.25, 0.3) is 5.91 Å². The average molecular weight is 345 g/mol. The molecule has 3 rings (SSSR count). The SMILES string of the molecule is COc1nc(CNC(=O)c2ccc(F)cc2)nc(N2CCCCC2)n1. The second-order valence-corrected chi connectivity index (χ2v) is 5.78. The summed E-state index contributed by atoms with van der Waals surface area (Å²) in [5.41, 5.74) is 0.374. The third kappa shape index (κ3) is 4.40. The first-order chi connectivity index (χ1) is 12.2. The Labute approximate surface area is 145 Å². The number of nitrogens with one attached hydrogen (secondary N) is 1. The molecule has 0 spiro atoms. The Morgan fingerprint density at radius 1 is 1.16 bits per heavy atom. The molecule has 0 saturated carbocycles. The molecular weight excluding hydrogens is 325 g/mol. The van der Waals surface area contributed by atoms with Crippen molar-refractivity contribution in [3.63, 3.8) is 0 Å². The summed E-state index contributed by atoms with van der Waals surface area (Å²) in [5, 5.41) is 2.73. The second-order valence-electron chi connectivity index (χ2n) is 5.78. The molecule has 1 amide bonds. The average Bonchev–Trinajstić information content (AvgIpc) is 2.67. The van der Waals surface area contributed by atoms with Crippen molar-refractivity contribution in [2.75, 3.05) is 25.1 Å². The minimum Gasteiger partial charge on any atom is -0.467 e. The number of hydrogen-bond acceptors (Lipinski definition) is 6. The number of anilines is 1. The molecule has 0 aliphatic carbocycles. The number of piperidine rings is 1. The van der Waals surface area contributed by atoms with Gasteiger partial charge >= 0.3 is 6.01 Å². The van der Waals surface area contributed by atoms with Crippen LogP contribution in [0.25, 0.3) is 0 Å². The molecule has 1 saturated heterocycles. The molecule has 2 aromatic rings. The van der Waals surface area contributed by atoms with Crippen molar-refractivity contribution in [3.8, 4) is 6.01 Å². The van der Waals surface area contributed by atoms with E-state index in [4.69, 9.17) is 4.74 Å².